The van der Waals surface area contributed by atoms with Crippen molar-refractivity contribution < 1.29 is 22.7 Å². The number of aromatic hydroxyl groups is 1. The molecule has 0 bridgehead atoms. The molecule has 196 valence electrons. The van der Waals surface area contributed by atoms with Crippen LogP contribution in [0.5, 0.6) is 5.75 Å². The van der Waals surface area contributed by atoms with Gasteiger partial charge in [0.2, 0.25) is 10.0 Å². The van der Waals surface area contributed by atoms with Gasteiger partial charge in [0.25, 0.3) is 0 Å². The van der Waals surface area contributed by atoms with Gasteiger partial charge < -0.3 is 14.3 Å². The lowest BCUT2D eigenvalue weighted by Crippen LogP contribution is -2.21. The summed E-state index contributed by atoms with van der Waals surface area (Å²) < 4.78 is 38.4. The second-order valence-electron chi connectivity index (χ2n) is 10.9. The number of hydrogen-bond donors (Lipinski definition) is 2. The van der Waals surface area contributed by atoms with Crippen molar-refractivity contribution >= 4 is 15.7 Å². The van der Waals surface area contributed by atoms with E-state index in [9.17, 15) is 18.3 Å². The van der Waals surface area contributed by atoms with Crippen LogP contribution in [0.25, 0.3) is 0 Å². The van der Waals surface area contributed by atoms with Crippen LogP contribution < -0.4 is 10.3 Å². The SMILES string of the molecule is CCS(=O)(=O)Nc1cccc(C(c2c(O)cc(C(CC3CC3)CC3CCCOC3)oc2=O)C2CC2)c1. The fourth-order valence-electron chi connectivity index (χ4n) is 5.63. The predicted molar refractivity (Wildman–Crippen MR) is 139 cm³/mol. The quantitative estimate of drug-likeness (QED) is 0.418. The van der Waals surface area contributed by atoms with E-state index in [4.69, 9.17) is 9.15 Å². The molecule has 2 N–H and O–H groups in total. The van der Waals surface area contributed by atoms with Crippen LogP contribution in [0.3, 0.4) is 0 Å². The fourth-order valence-corrected chi connectivity index (χ4v) is 6.26. The number of benzene rings is 1. The summed E-state index contributed by atoms with van der Waals surface area (Å²) in [5, 5.41) is 11.2. The second kappa shape index (κ2) is 10.6. The minimum absolute atomic E-state index is 0.0154. The molecule has 36 heavy (non-hydrogen) atoms. The van der Waals surface area contributed by atoms with Gasteiger partial charge in [-0.05, 0) is 80.9 Å². The summed E-state index contributed by atoms with van der Waals surface area (Å²) in [6.07, 6.45) is 8.39. The maximum atomic E-state index is 13.4. The van der Waals surface area contributed by atoms with E-state index in [2.05, 4.69) is 4.72 Å². The monoisotopic (exact) mass is 515 g/mol. The van der Waals surface area contributed by atoms with E-state index in [1.54, 1.807) is 31.2 Å². The maximum Gasteiger partial charge on any atom is 0.343 e. The van der Waals surface area contributed by atoms with E-state index in [-0.39, 0.29) is 34.8 Å². The molecule has 0 spiro atoms. The average Bonchev–Trinajstić information content (AvgIpc) is 3.77. The normalized spacial score (nSPS) is 22.2. The molecule has 3 fully saturated rings. The third-order valence-corrected chi connectivity index (χ3v) is 9.19. The molecule has 3 unspecified atom stereocenters. The highest BCUT2D eigenvalue weighted by molar-refractivity contribution is 7.92. The number of hydrogen-bond acceptors (Lipinski definition) is 6. The molecule has 2 saturated carbocycles. The van der Waals surface area contributed by atoms with E-state index in [0.717, 1.165) is 57.3 Å². The first-order valence-corrected chi connectivity index (χ1v) is 15.0. The molecule has 2 heterocycles. The molecule has 1 aromatic heterocycles. The first kappa shape index (κ1) is 25.3. The van der Waals surface area contributed by atoms with Gasteiger partial charge in [-0.1, -0.05) is 25.0 Å². The first-order valence-electron chi connectivity index (χ1n) is 13.4. The van der Waals surface area contributed by atoms with Crippen molar-refractivity contribution in [3.05, 3.63) is 57.6 Å². The van der Waals surface area contributed by atoms with Crippen LogP contribution >= 0.6 is 0 Å². The molecule has 1 aromatic carbocycles. The smallest absolute Gasteiger partial charge is 0.343 e. The third kappa shape index (κ3) is 6.14. The van der Waals surface area contributed by atoms with Gasteiger partial charge in [0.15, 0.2) is 0 Å². The highest BCUT2D eigenvalue weighted by Gasteiger charge is 2.38. The van der Waals surface area contributed by atoms with Crippen LogP contribution in [0, 0.1) is 17.8 Å². The summed E-state index contributed by atoms with van der Waals surface area (Å²) in [7, 11) is -3.42. The van der Waals surface area contributed by atoms with Crippen LogP contribution in [0.2, 0.25) is 0 Å². The molecule has 2 aromatic rings. The Bertz CT molecular complexity index is 1220. The number of rotatable bonds is 11. The van der Waals surface area contributed by atoms with Gasteiger partial charge in [0.1, 0.15) is 11.5 Å². The van der Waals surface area contributed by atoms with Gasteiger partial charge in [0, 0.05) is 36.8 Å². The number of ether oxygens (including phenoxy) is 1. The number of sulfonamides is 1. The predicted octanol–water partition coefficient (Wildman–Crippen LogP) is 5.35. The Morgan fingerprint density at radius 2 is 1.86 bits per heavy atom. The average molecular weight is 516 g/mol. The highest BCUT2D eigenvalue weighted by Crippen LogP contribution is 2.49. The van der Waals surface area contributed by atoms with Gasteiger partial charge in [-0.3, -0.25) is 4.72 Å². The minimum Gasteiger partial charge on any atom is -0.507 e. The summed E-state index contributed by atoms with van der Waals surface area (Å²) in [5.41, 5.74) is 1.06. The summed E-state index contributed by atoms with van der Waals surface area (Å²) >= 11 is 0. The summed E-state index contributed by atoms with van der Waals surface area (Å²) in [4.78, 5) is 13.4. The van der Waals surface area contributed by atoms with Crippen LogP contribution in [0.15, 0.2) is 39.5 Å². The molecule has 5 rings (SSSR count). The lowest BCUT2D eigenvalue weighted by molar-refractivity contribution is 0.0472. The van der Waals surface area contributed by atoms with E-state index in [0.29, 0.717) is 23.3 Å². The maximum absolute atomic E-state index is 13.4. The van der Waals surface area contributed by atoms with Crippen molar-refractivity contribution in [1.29, 1.82) is 0 Å². The molecule has 0 amide bonds. The Labute approximate surface area is 213 Å². The third-order valence-electron chi connectivity index (χ3n) is 7.88. The van der Waals surface area contributed by atoms with Crippen molar-refractivity contribution in [2.75, 3.05) is 23.7 Å². The Balaban J connectivity index is 1.45. The van der Waals surface area contributed by atoms with E-state index in [1.165, 1.54) is 12.8 Å². The van der Waals surface area contributed by atoms with Gasteiger partial charge in [-0.2, -0.15) is 0 Å². The van der Waals surface area contributed by atoms with E-state index < -0.39 is 15.6 Å². The van der Waals surface area contributed by atoms with Crippen molar-refractivity contribution in [2.45, 2.75) is 70.1 Å². The van der Waals surface area contributed by atoms with Gasteiger partial charge in [-0.25, -0.2) is 13.2 Å². The number of nitrogens with one attached hydrogen (secondary N) is 1. The zero-order valence-corrected chi connectivity index (χ0v) is 21.8. The lowest BCUT2D eigenvalue weighted by atomic mass is 9.84. The largest absolute Gasteiger partial charge is 0.507 e. The van der Waals surface area contributed by atoms with Crippen molar-refractivity contribution in [3.63, 3.8) is 0 Å². The van der Waals surface area contributed by atoms with Gasteiger partial charge in [-0.15, -0.1) is 0 Å². The second-order valence-corrected chi connectivity index (χ2v) is 12.9. The Morgan fingerprint density at radius 3 is 2.50 bits per heavy atom. The topological polar surface area (TPSA) is 106 Å². The van der Waals surface area contributed by atoms with Crippen LogP contribution in [-0.2, 0) is 14.8 Å². The van der Waals surface area contributed by atoms with Gasteiger partial charge >= 0.3 is 5.63 Å². The summed E-state index contributed by atoms with van der Waals surface area (Å²) in [5.74, 6) is 1.63. The van der Waals surface area contributed by atoms with Crippen molar-refractivity contribution in [1.82, 2.24) is 0 Å². The van der Waals surface area contributed by atoms with Crippen molar-refractivity contribution in [2.24, 2.45) is 17.8 Å². The minimum atomic E-state index is -3.42. The Kier molecular flexibility index (Phi) is 7.45. The molecule has 0 radical (unpaired) electrons. The zero-order valence-electron chi connectivity index (χ0n) is 20.9. The zero-order chi connectivity index (χ0) is 25.3. The molecule has 8 heteroatoms. The molecular formula is C28H37NO6S. The molecule has 3 aliphatic rings. The van der Waals surface area contributed by atoms with Crippen molar-refractivity contribution in [3.8, 4) is 5.75 Å². The first-order chi connectivity index (χ1) is 17.3. The van der Waals surface area contributed by atoms with E-state index in [1.807, 2.05) is 6.07 Å². The van der Waals surface area contributed by atoms with Crippen LogP contribution in [0.1, 0.15) is 87.0 Å². The molecule has 1 saturated heterocycles. The highest BCUT2D eigenvalue weighted by atomic mass is 32.2. The van der Waals surface area contributed by atoms with E-state index >= 15 is 0 Å². The number of anilines is 1. The lowest BCUT2D eigenvalue weighted by Gasteiger charge is -2.26. The molecule has 1 aliphatic heterocycles. The molecule has 7 nitrogen and oxygen atoms in total. The van der Waals surface area contributed by atoms with Crippen LogP contribution in [0.4, 0.5) is 5.69 Å². The molecule has 3 atom stereocenters. The molecular weight excluding hydrogens is 478 g/mol. The fraction of sp³-hybridized carbons (Fsp3) is 0.607. The Morgan fingerprint density at radius 1 is 1.08 bits per heavy atom. The standard InChI is InChI=1S/C28H37NO6S/c1-2-36(32,33)29-23-7-3-6-21(15-23)26(20-10-11-20)27-24(30)16-25(35-28(27)31)22(13-18-8-9-18)14-19-5-4-12-34-17-19/h3,6-7,15-16,18-20,22,26,29-30H,2,4-5,8-14,17H2,1H3. The van der Waals surface area contributed by atoms with Gasteiger partial charge in [0.05, 0.1) is 11.3 Å². The van der Waals surface area contributed by atoms with Crippen LogP contribution in [-0.4, -0.2) is 32.5 Å². The summed E-state index contributed by atoms with van der Waals surface area (Å²) in [6.45, 7) is 3.15. The Hall–Kier alpha value is -2.32. The summed E-state index contributed by atoms with van der Waals surface area (Å²) in [6, 6.07) is 8.81. The molecule has 2 aliphatic carbocycles.